The summed E-state index contributed by atoms with van der Waals surface area (Å²) in [5, 5.41) is 17.7. The van der Waals surface area contributed by atoms with Crippen LogP contribution in [0.15, 0.2) is 60.0 Å². The average molecular weight is 339 g/mol. The number of aromatic hydroxyl groups is 1. The van der Waals surface area contributed by atoms with Gasteiger partial charge < -0.3 is 15.7 Å². The summed E-state index contributed by atoms with van der Waals surface area (Å²) in [4.78, 5) is 16.4. The van der Waals surface area contributed by atoms with Gasteiger partial charge in [0.1, 0.15) is 11.4 Å². The zero-order valence-corrected chi connectivity index (χ0v) is 13.7. The molecule has 0 atom stereocenters. The van der Waals surface area contributed by atoms with Gasteiger partial charge in [0.05, 0.1) is 0 Å². The van der Waals surface area contributed by atoms with Crippen LogP contribution >= 0.6 is 11.3 Å². The Morgan fingerprint density at radius 3 is 2.58 bits per heavy atom. The van der Waals surface area contributed by atoms with E-state index in [2.05, 4.69) is 15.6 Å². The van der Waals surface area contributed by atoms with Crippen molar-refractivity contribution >= 4 is 28.1 Å². The smallest absolute Gasteiger partial charge is 0.270 e. The zero-order valence-electron chi connectivity index (χ0n) is 12.9. The minimum absolute atomic E-state index is 0.189. The molecule has 0 aliphatic carbocycles. The molecular formula is C18H17N3O2S. The van der Waals surface area contributed by atoms with Crippen molar-refractivity contribution < 1.29 is 9.90 Å². The molecule has 1 amide bonds. The molecule has 122 valence electrons. The third-order valence-electron chi connectivity index (χ3n) is 3.40. The number of amides is 1. The van der Waals surface area contributed by atoms with Crippen LogP contribution in [0, 0.1) is 0 Å². The van der Waals surface area contributed by atoms with E-state index in [1.165, 1.54) is 11.3 Å². The zero-order chi connectivity index (χ0) is 16.8. The highest BCUT2D eigenvalue weighted by Crippen LogP contribution is 2.20. The van der Waals surface area contributed by atoms with Gasteiger partial charge in [-0.05, 0) is 36.2 Å². The number of carbonyl (C=O) groups is 1. The second kappa shape index (κ2) is 7.61. The van der Waals surface area contributed by atoms with E-state index in [1.54, 1.807) is 17.5 Å². The molecule has 3 rings (SSSR count). The van der Waals surface area contributed by atoms with E-state index in [0.717, 1.165) is 11.3 Å². The standard InChI is InChI=1S/C18H17N3O2S/c22-15-8-6-13(7-9-15)10-11-19-17(23)16-12-24-18(21-16)20-14-4-2-1-3-5-14/h1-9,12,22H,10-11H2,(H,19,23)(H,20,21). The molecule has 0 saturated carbocycles. The van der Waals surface area contributed by atoms with E-state index in [0.29, 0.717) is 23.8 Å². The first kappa shape index (κ1) is 16.0. The first-order chi connectivity index (χ1) is 11.7. The number of para-hydroxylation sites is 1. The van der Waals surface area contributed by atoms with E-state index in [4.69, 9.17) is 0 Å². The number of rotatable bonds is 6. The Bertz CT molecular complexity index is 801. The van der Waals surface area contributed by atoms with Gasteiger partial charge in [-0.15, -0.1) is 11.3 Å². The van der Waals surface area contributed by atoms with E-state index in [-0.39, 0.29) is 11.7 Å². The van der Waals surface area contributed by atoms with Crippen LogP contribution in [0.3, 0.4) is 0 Å². The van der Waals surface area contributed by atoms with Crippen LogP contribution in [-0.2, 0) is 6.42 Å². The van der Waals surface area contributed by atoms with Crippen molar-refractivity contribution in [1.29, 1.82) is 0 Å². The number of hydrogen-bond acceptors (Lipinski definition) is 5. The van der Waals surface area contributed by atoms with E-state index in [1.807, 2.05) is 42.5 Å². The van der Waals surface area contributed by atoms with Crippen LogP contribution in [0.25, 0.3) is 0 Å². The molecule has 0 radical (unpaired) electrons. The Morgan fingerprint density at radius 1 is 1.08 bits per heavy atom. The summed E-state index contributed by atoms with van der Waals surface area (Å²) in [7, 11) is 0. The van der Waals surface area contributed by atoms with Crippen LogP contribution in [0.1, 0.15) is 16.1 Å². The lowest BCUT2D eigenvalue weighted by molar-refractivity contribution is 0.0950. The summed E-state index contributed by atoms with van der Waals surface area (Å²) in [6.07, 6.45) is 0.700. The Labute approximate surface area is 144 Å². The molecule has 5 nitrogen and oxygen atoms in total. The van der Waals surface area contributed by atoms with Crippen LogP contribution in [0.4, 0.5) is 10.8 Å². The van der Waals surface area contributed by atoms with Gasteiger partial charge in [-0.2, -0.15) is 0 Å². The molecule has 0 unspecified atom stereocenters. The highest BCUT2D eigenvalue weighted by Gasteiger charge is 2.10. The van der Waals surface area contributed by atoms with Crippen LogP contribution in [0.2, 0.25) is 0 Å². The van der Waals surface area contributed by atoms with Crippen LogP contribution < -0.4 is 10.6 Å². The van der Waals surface area contributed by atoms with Crippen molar-refractivity contribution in [1.82, 2.24) is 10.3 Å². The van der Waals surface area contributed by atoms with Crippen molar-refractivity contribution in [3.63, 3.8) is 0 Å². The minimum Gasteiger partial charge on any atom is -0.508 e. The second-order valence-corrected chi connectivity index (χ2v) is 6.06. The van der Waals surface area contributed by atoms with Gasteiger partial charge in [-0.1, -0.05) is 30.3 Å². The number of anilines is 2. The average Bonchev–Trinajstić information content (AvgIpc) is 3.06. The van der Waals surface area contributed by atoms with Crippen molar-refractivity contribution in [2.75, 3.05) is 11.9 Å². The highest BCUT2D eigenvalue weighted by molar-refractivity contribution is 7.14. The summed E-state index contributed by atoms with van der Waals surface area (Å²) in [5.41, 5.74) is 2.40. The summed E-state index contributed by atoms with van der Waals surface area (Å²) in [5.74, 6) is 0.0508. The Morgan fingerprint density at radius 2 is 1.83 bits per heavy atom. The summed E-state index contributed by atoms with van der Waals surface area (Å²) < 4.78 is 0. The van der Waals surface area contributed by atoms with Crippen molar-refractivity contribution in [2.45, 2.75) is 6.42 Å². The Balaban J connectivity index is 1.51. The summed E-state index contributed by atoms with van der Waals surface area (Å²) >= 11 is 1.39. The maximum Gasteiger partial charge on any atom is 0.270 e. The SMILES string of the molecule is O=C(NCCc1ccc(O)cc1)c1csc(Nc2ccccc2)n1. The number of nitrogens with one attached hydrogen (secondary N) is 2. The van der Waals surface area contributed by atoms with Crippen molar-refractivity contribution in [3.8, 4) is 5.75 Å². The fourth-order valence-corrected chi connectivity index (χ4v) is 2.86. The molecule has 6 heteroatoms. The molecular weight excluding hydrogens is 322 g/mol. The number of carbonyl (C=O) groups excluding carboxylic acids is 1. The molecule has 0 aliphatic heterocycles. The number of nitrogens with zero attached hydrogens (tertiary/aromatic N) is 1. The fourth-order valence-electron chi connectivity index (χ4n) is 2.15. The van der Waals surface area contributed by atoms with Gasteiger partial charge in [0, 0.05) is 17.6 Å². The molecule has 3 N–H and O–H groups in total. The third-order valence-corrected chi connectivity index (χ3v) is 4.16. The molecule has 24 heavy (non-hydrogen) atoms. The lowest BCUT2D eigenvalue weighted by atomic mass is 10.1. The van der Waals surface area contributed by atoms with Gasteiger partial charge in [0.25, 0.3) is 5.91 Å². The molecule has 0 fully saturated rings. The Hall–Kier alpha value is -2.86. The molecule has 0 aliphatic rings. The first-order valence-corrected chi connectivity index (χ1v) is 8.42. The summed E-state index contributed by atoms with van der Waals surface area (Å²) in [6.45, 7) is 0.516. The van der Waals surface area contributed by atoms with Crippen molar-refractivity contribution in [2.24, 2.45) is 0 Å². The fraction of sp³-hybridized carbons (Fsp3) is 0.111. The predicted octanol–water partition coefficient (Wildman–Crippen LogP) is 3.56. The van der Waals surface area contributed by atoms with Gasteiger partial charge >= 0.3 is 0 Å². The quantitative estimate of drug-likeness (QED) is 0.642. The van der Waals surface area contributed by atoms with Gasteiger partial charge in [-0.3, -0.25) is 4.79 Å². The van der Waals surface area contributed by atoms with Crippen LogP contribution in [-0.4, -0.2) is 22.5 Å². The monoisotopic (exact) mass is 339 g/mol. The van der Waals surface area contributed by atoms with Gasteiger partial charge in [0.15, 0.2) is 5.13 Å². The van der Waals surface area contributed by atoms with E-state index < -0.39 is 0 Å². The number of thiazole rings is 1. The minimum atomic E-state index is -0.189. The molecule has 0 bridgehead atoms. The number of phenols is 1. The lowest BCUT2D eigenvalue weighted by Gasteiger charge is -2.04. The van der Waals surface area contributed by atoms with E-state index in [9.17, 15) is 9.90 Å². The second-order valence-electron chi connectivity index (χ2n) is 5.20. The van der Waals surface area contributed by atoms with Gasteiger partial charge in [0.2, 0.25) is 0 Å². The highest BCUT2D eigenvalue weighted by atomic mass is 32.1. The number of aromatic nitrogens is 1. The number of phenolic OH excluding ortho intramolecular Hbond substituents is 1. The molecule has 0 saturated heterocycles. The maximum atomic E-state index is 12.1. The predicted molar refractivity (Wildman–Crippen MR) is 96.0 cm³/mol. The molecule has 0 spiro atoms. The Kier molecular flexibility index (Phi) is 5.08. The summed E-state index contributed by atoms with van der Waals surface area (Å²) in [6, 6.07) is 16.7. The normalized spacial score (nSPS) is 10.3. The van der Waals surface area contributed by atoms with Crippen LogP contribution in [0.5, 0.6) is 5.75 Å². The third kappa shape index (κ3) is 4.33. The molecule has 1 heterocycles. The van der Waals surface area contributed by atoms with Crippen molar-refractivity contribution in [3.05, 3.63) is 71.2 Å². The number of benzene rings is 2. The molecule has 3 aromatic rings. The first-order valence-electron chi connectivity index (χ1n) is 7.54. The topological polar surface area (TPSA) is 74.2 Å². The molecule has 1 aromatic heterocycles. The number of hydrogen-bond donors (Lipinski definition) is 3. The lowest BCUT2D eigenvalue weighted by Crippen LogP contribution is -2.25. The van der Waals surface area contributed by atoms with Gasteiger partial charge in [-0.25, -0.2) is 4.98 Å². The van der Waals surface area contributed by atoms with E-state index >= 15 is 0 Å². The largest absolute Gasteiger partial charge is 0.508 e. The maximum absolute atomic E-state index is 12.1. The molecule has 2 aromatic carbocycles.